The largest absolute Gasteiger partial charge is 0.497 e. The summed E-state index contributed by atoms with van der Waals surface area (Å²) >= 11 is 0. The minimum absolute atomic E-state index is 0.0586. The number of piperazine rings is 1. The summed E-state index contributed by atoms with van der Waals surface area (Å²) in [5.74, 6) is -1.04. The number of aromatic nitrogens is 3. The predicted molar refractivity (Wildman–Crippen MR) is 137 cm³/mol. The molecule has 1 amide bonds. The minimum atomic E-state index is -4.76. The van der Waals surface area contributed by atoms with Crippen LogP contribution in [-0.2, 0) is 12.7 Å². The van der Waals surface area contributed by atoms with Crippen molar-refractivity contribution >= 4 is 11.6 Å². The lowest BCUT2D eigenvalue weighted by Gasteiger charge is -2.39. The molecule has 0 bridgehead atoms. The first-order valence-electron chi connectivity index (χ1n) is 12.5. The molecule has 1 aliphatic heterocycles. The summed E-state index contributed by atoms with van der Waals surface area (Å²) in [5, 5.41) is 3.92. The highest BCUT2D eigenvalue weighted by atomic mass is 19.4. The monoisotopic (exact) mass is 559 g/mol. The first kappa shape index (κ1) is 27.5. The maximum atomic E-state index is 14.2. The Morgan fingerprint density at radius 2 is 1.82 bits per heavy atom. The van der Waals surface area contributed by atoms with Crippen molar-refractivity contribution < 1.29 is 31.5 Å². The molecular weight excluding hydrogens is 533 g/mol. The van der Waals surface area contributed by atoms with E-state index in [9.17, 15) is 26.7 Å². The van der Waals surface area contributed by atoms with Crippen LogP contribution in [0.3, 0.4) is 0 Å². The quantitative estimate of drug-likeness (QED) is 0.309. The van der Waals surface area contributed by atoms with Crippen LogP contribution in [0.25, 0.3) is 16.9 Å². The molecule has 0 spiro atoms. The zero-order valence-electron chi connectivity index (χ0n) is 22.0. The normalized spacial score (nSPS) is 16.5. The summed E-state index contributed by atoms with van der Waals surface area (Å²) in [4.78, 5) is 21.6. The van der Waals surface area contributed by atoms with E-state index in [4.69, 9.17) is 4.74 Å². The molecule has 0 N–H and O–H groups in total. The van der Waals surface area contributed by atoms with Gasteiger partial charge in [-0.05, 0) is 56.3 Å². The lowest BCUT2D eigenvalue weighted by atomic mass is 10.0. The number of methoxy groups -OCH3 is 1. The third kappa shape index (κ3) is 5.10. The van der Waals surface area contributed by atoms with Gasteiger partial charge in [-0.25, -0.2) is 18.3 Å². The Morgan fingerprint density at radius 1 is 1.10 bits per heavy atom. The predicted octanol–water partition coefficient (Wildman–Crippen LogP) is 5.36. The second-order valence-corrected chi connectivity index (χ2v) is 9.77. The zero-order chi connectivity index (χ0) is 28.8. The molecule has 0 unspecified atom stereocenters. The molecule has 1 saturated heterocycles. The minimum Gasteiger partial charge on any atom is -0.497 e. The maximum absolute atomic E-state index is 14.2. The topological polar surface area (TPSA) is 63.0 Å². The summed E-state index contributed by atoms with van der Waals surface area (Å²) in [6, 6.07) is 9.35. The van der Waals surface area contributed by atoms with E-state index >= 15 is 0 Å². The fourth-order valence-electron chi connectivity index (χ4n) is 5.13. The van der Waals surface area contributed by atoms with Crippen molar-refractivity contribution in [2.24, 2.45) is 0 Å². The first-order chi connectivity index (χ1) is 19.0. The molecule has 7 nitrogen and oxygen atoms in total. The second kappa shape index (κ2) is 10.5. The zero-order valence-corrected chi connectivity index (χ0v) is 22.0. The molecule has 1 fully saturated rings. The molecule has 12 heteroatoms. The van der Waals surface area contributed by atoms with Gasteiger partial charge >= 0.3 is 6.18 Å². The van der Waals surface area contributed by atoms with Crippen molar-refractivity contribution in [3.8, 4) is 17.0 Å². The molecular formula is C28H26F5N5O2. The highest BCUT2D eigenvalue weighted by Crippen LogP contribution is 2.37. The van der Waals surface area contributed by atoms with Crippen LogP contribution < -0.4 is 4.74 Å². The van der Waals surface area contributed by atoms with Gasteiger partial charge in [0.15, 0.2) is 11.3 Å². The van der Waals surface area contributed by atoms with E-state index in [1.54, 1.807) is 31.2 Å². The van der Waals surface area contributed by atoms with Crippen LogP contribution in [0.2, 0.25) is 0 Å². The Bertz CT molecular complexity index is 1570. The number of fused-ring (bicyclic) bond motifs is 1. The number of benzene rings is 2. The number of carbonyl (C=O) groups is 1. The fourth-order valence-corrected chi connectivity index (χ4v) is 5.13. The molecule has 0 radical (unpaired) electrons. The van der Waals surface area contributed by atoms with Gasteiger partial charge in [-0.2, -0.15) is 18.3 Å². The lowest BCUT2D eigenvalue weighted by Crippen LogP contribution is -2.53. The van der Waals surface area contributed by atoms with Gasteiger partial charge in [-0.3, -0.25) is 9.69 Å². The summed E-state index contributed by atoms with van der Waals surface area (Å²) in [7, 11) is 1.48. The number of halogens is 5. The summed E-state index contributed by atoms with van der Waals surface area (Å²) in [6.45, 7) is 4.23. The second-order valence-electron chi connectivity index (χ2n) is 9.77. The van der Waals surface area contributed by atoms with E-state index in [1.165, 1.54) is 18.9 Å². The lowest BCUT2D eigenvalue weighted by molar-refractivity contribution is -0.143. The number of hydrogen-bond acceptors (Lipinski definition) is 5. The van der Waals surface area contributed by atoms with Crippen LogP contribution in [-0.4, -0.2) is 63.1 Å². The van der Waals surface area contributed by atoms with Gasteiger partial charge in [0, 0.05) is 48.9 Å². The average molecular weight is 560 g/mol. The molecule has 1 aliphatic rings. The van der Waals surface area contributed by atoms with E-state index in [2.05, 4.69) is 10.1 Å². The molecule has 4 aromatic rings. The standard InChI is InChI=1S/C28H26F5N5O2/c1-16-14-36(15-19-12-20(29)6-9-23(19)30)10-11-37(16)27(39)22-13-34-38-25(28(31,32)33)17(2)24(35-26(22)38)18-4-7-21(40-3)8-5-18/h4-9,12-13,16H,10-11,14-15H2,1-3H3/t16-/m1/s1. The third-order valence-corrected chi connectivity index (χ3v) is 7.12. The van der Waals surface area contributed by atoms with Gasteiger partial charge in [0.2, 0.25) is 0 Å². The Labute approximate surface area is 226 Å². The van der Waals surface area contributed by atoms with Crippen molar-refractivity contribution in [2.75, 3.05) is 26.7 Å². The van der Waals surface area contributed by atoms with E-state index < -0.39 is 29.4 Å². The van der Waals surface area contributed by atoms with Gasteiger partial charge in [0.05, 0.1) is 19.0 Å². The smallest absolute Gasteiger partial charge is 0.433 e. The van der Waals surface area contributed by atoms with E-state index in [1.807, 2.05) is 4.90 Å². The first-order valence-corrected chi connectivity index (χ1v) is 12.5. The molecule has 3 heterocycles. The number of alkyl halides is 3. The number of amides is 1. The number of rotatable bonds is 5. The van der Waals surface area contributed by atoms with Gasteiger partial charge in [-0.15, -0.1) is 0 Å². The van der Waals surface area contributed by atoms with E-state index in [-0.39, 0.29) is 47.2 Å². The van der Waals surface area contributed by atoms with Gasteiger partial charge in [-0.1, -0.05) is 0 Å². The van der Waals surface area contributed by atoms with Crippen molar-refractivity contribution in [1.29, 1.82) is 0 Å². The molecule has 210 valence electrons. The molecule has 0 saturated carbocycles. The molecule has 2 aromatic heterocycles. The third-order valence-electron chi connectivity index (χ3n) is 7.12. The van der Waals surface area contributed by atoms with Crippen molar-refractivity contribution in [3.05, 3.63) is 82.7 Å². The van der Waals surface area contributed by atoms with Crippen molar-refractivity contribution in [2.45, 2.75) is 32.6 Å². The SMILES string of the molecule is COc1ccc(-c2nc3c(C(=O)N4CCN(Cc5cc(F)ccc5F)C[C@H]4C)cnn3c(C(F)(F)F)c2C)cc1. The molecule has 40 heavy (non-hydrogen) atoms. The summed E-state index contributed by atoms with van der Waals surface area (Å²) in [5.41, 5.74) is -0.692. The van der Waals surface area contributed by atoms with Gasteiger partial charge in [0.25, 0.3) is 5.91 Å². The Hall–Kier alpha value is -4.06. The number of carbonyl (C=O) groups excluding carboxylic acids is 1. The van der Waals surface area contributed by atoms with Gasteiger partial charge in [0.1, 0.15) is 22.9 Å². The summed E-state index contributed by atoms with van der Waals surface area (Å²) < 4.78 is 76.3. The van der Waals surface area contributed by atoms with Crippen molar-refractivity contribution in [3.63, 3.8) is 0 Å². The van der Waals surface area contributed by atoms with E-state index in [0.29, 0.717) is 28.9 Å². The van der Waals surface area contributed by atoms with Crippen molar-refractivity contribution in [1.82, 2.24) is 24.4 Å². The van der Waals surface area contributed by atoms with Crippen LogP contribution in [0.4, 0.5) is 22.0 Å². The maximum Gasteiger partial charge on any atom is 0.433 e. The van der Waals surface area contributed by atoms with Crippen LogP contribution in [0.15, 0.2) is 48.7 Å². The average Bonchev–Trinajstić information content (AvgIpc) is 3.32. The number of hydrogen-bond donors (Lipinski definition) is 0. The number of ether oxygens (including phenoxy) is 1. The van der Waals surface area contributed by atoms with Crippen LogP contribution >= 0.6 is 0 Å². The van der Waals surface area contributed by atoms with Crippen LogP contribution in [0, 0.1) is 18.6 Å². The van der Waals surface area contributed by atoms with Crippen LogP contribution in [0.1, 0.15) is 34.1 Å². The summed E-state index contributed by atoms with van der Waals surface area (Å²) in [6.07, 6.45) is -3.65. The molecule has 1 atom stereocenters. The Morgan fingerprint density at radius 3 is 2.48 bits per heavy atom. The van der Waals surface area contributed by atoms with E-state index in [0.717, 1.165) is 24.4 Å². The molecule has 2 aromatic carbocycles. The fraction of sp³-hybridized carbons (Fsp3) is 0.321. The Balaban J connectivity index is 1.47. The molecule has 0 aliphatic carbocycles. The highest BCUT2D eigenvalue weighted by Gasteiger charge is 2.39. The number of nitrogens with zero attached hydrogens (tertiary/aromatic N) is 5. The Kier molecular flexibility index (Phi) is 7.21. The van der Waals surface area contributed by atoms with Gasteiger partial charge < -0.3 is 9.64 Å². The van der Waals surface area contributed by atoms with Crippen LogP contribution in [0.5, 0.6) is 5.75 Å². The molecule has 5 rings (SSSR count). The highest BCUT2D eigenvalue weighted by molar-refractivity contribution is 6.00.